The van der Waals surface area contributed by atoms with Gasteiger partial charge in [-0.2, -0.15) is 5.10 Å². The van der Waals surface area contributed by atoms with Gasteiger partial charge in [0.2, 0.25) is 0 Å². The zero-order valence-corrected chi connectivity index (χ0v) is 15.5. The predicted octanol–water partition coefficient (Wildman–Crippen LogP) is 4.85. The highest BCUT2D eigenvalue weighted by molar-refractivity contribution is 9.10. The van der Waals surface area contributed by atoms with Crippen LogP contribution in [0.5, 0.6) is 0 Å². The summed E-state index contributed by atoms with van der Waals surface area (Å²) < 4.78 is 16.2. The van der Waals surface area contributed by atoms with Crippen LogP contribution in [0.2, 0.25) is 0 Å². The number of halogens is 3. The summed E-state index contributed by atoms with van der Waals surface area (Å²) in [5.74, 6) is -0.0805. The number of benzene rings is 2. The Bertz CT molecular complexity index is 861. The molecule has 0 saturated carbocycles. The number of carbonyl (C=O) groups is 1. The minimum absolute atomic E-state index is 0.241. The first-order chi connectivity index (χ1) is 11.5. The highest BCUT2D eigenvalue weighted by atomic mass is 79.9. The summed E-state index contributed by atoms with van der Waals surface area (Å²) in [5.41, 5.74) is 1.45. The highest BCUT2D eigenvalue weighted by Crippen LogP contribution is 2.22. The maximum Gasteiger partial charge on any atom is 0.256 e. The van der Waals surface area contributed by atoms with Gasteiger partial charge in [0.15, 0.2) is 5.82 Å². The van der Waals surface area contributed by atoms with Crippen LogP contribution in [0.1, 0.15) is 15.9 Å². The van der Waals surface area contributed by atoms with Crippen molar-refractivity contribution in [3.8, 4) is 0 Å². The van der Waals surface area contributed by atoms with Gasteiger partial charge in [-0.3, -0.25) is 9.48 Å². The van der Waals surface area contributed by atoms with E-state index in [-0.39, 0.29) is 11.7 Å². The second-order valence-corrected chi connectivity index (χ2v) is 6.88. The van der Waals surface area contributed by atoms with Crippen molar-refractivity contribution < 1.29 is 9.18 Å². The zero-order chi connectivity index (χ0) is 17.1. The SMILES string of the molecule is O=C(Nc1nn(Cc2ccc(F)cc2)cc1Br)c1ccc(Br)cc1. The van der Waals surface area contributed by atoms with Crippen molar-refractivity contribution in [2.24, 2.45) is 0 Å². The normalized spacial score (nSPS) is 10.6. The lowest BCUT2D eigenvalue weighted by Gasteiger charge is -2.04. The fourth-order valence-corrected chi connectivity index (χ4v) is 2.80. The first-order valence-electron chi connectivity index (χ1n) is 7.05. The van der Waals surface area contributed by atoms with Gasteiger partial charge in [0.05, 0.1) is 11.0 Å². The number of carbonyl (C=O) groups excluding carboxylic acids is 1. The van der Waals surface area contributed by atoms with Crippen LogP contribution in [-0.2, 0) is 6.54 Å². The van der Waals surface area contributed by atoms with Crippen LogP contribution in [-0.4, -0.2) is 15.7 Å². The van der Waals surface area contributed by atoms with Crippen molar-refractivity contribution in [1.82, 2.24) is 9.78 Å². The van der Waals surface area contributed by atoms with Crippen molar-refractivity contribution >= 4 is 43.6 Å². The van der Waals surface area contributed by atoms with Crippen LogP contribution in [0.3, 0.4) is 0 Å². The topological polar surface area (TPSA) is 46.9 Å². The molecule has 1 heterocycles. The monoisotopic (exact) mass is 451 g/mol. The number of aromatic nitrogens is 2. The van der Waals surface area contributed by atoms with Gasteiger partial charge in [-0.25, -0.2) is 4.39 Å². The minimum atomic E-state index is -0.275. The standard InChI is InChI=1S/C17H12Br2FN3O/c18-13-5-3-12(4-6-13)17(24)21-16-15(19)10-23(22-16)9-11-1-7-14(20)8-2-11/h1-8,10H,9H2,(H,21,22,24). The Morgan fingerprint density at radius 1 is 1.08 bits per heavy atom. The fraction of sp³-hybridized carbons (Fsp3) is 0.0588. The Balaban J connectivity index is 1.72. The Kier molecular flexibility index (Phi) is 5.11. The van der Waals surface area contributed by atoms with Gasteiger partial charge in [0.25, 0.3) is 5.91 Å². The van der Waals surface area contributed by atoms with Crippen molar-refractivity contribution in [2.45, 2.75) is 6.54 Å². The van der Waals surface area contributed by atoms with Gasteiger partial charge in [-0.05, 0) is 57.9 Å². The zero-order valence-electron chi connectivity index (χ0n) is 12.3. The van der Waals surface area contributed by atoms with Crippen LogP contribution in [0.15, 0.2) is 63.7 Å². The van der Waals surface area contributed by atoms with Gasteiger partial charge in [-0.15, -0.1) is 0 Å². The molecule has 3 aromatic rings. The Morgan fingerprint density at radius 2 is 1.75 bits per heavy atom. The second-order valence-electron chi connectivity index (χ2n) is 5.11. The molecule has 0 atom stereocenters. The summed E-state index contributed by atoms with van der Waals surface area (Å²) in [4.78, 5) is 12.2. The van der Waals surface area contributed by atoms with Gasteiger partial charge in [0, 0.05) is 16.2 Å². The number of nitrogens with zero attached hydrogens (tertiary/aromatic N) is 2. The van der Waals surface area contributed by atoms with E-state index < -0.39 is 0 Å². The number of rotatable bonds is 4. The Morgan fingerprint density at radius 3 is 2.42 bits per heavy atom. The highest BCUT2D eigenvalue weighted by Gasteiger charge is 2.12. The molecule has 0 spiro atoms. The maximum absolute atomic E-state index is 12.9. The molecule has 0 aliphatic rings. The molecule has 0 fully saturated rings. The van der Waals surface area contributed by atoms with Crippen LogP contribution in [0.25, 0.3) is 0 Å². The summed E-state index contributed by atoms with van der Waals surface area (Å²) in [5, 5.41) is 7.11. The number of hydrogen-bond acceptors (Lipinski definition) is 2. The summed E-state index contributed by atoms with van der Waals surface area (Å²) in [7, 11) is 0. The average molecular weight is 453 g/mol. The molecule has 0 aliphatic heterocycles. The maximum atomic E-state index is 12.9. The first-order valence-corrected chi connectivity index (χ1v) is 8.64. The molecule has 1 aromatic heterocycles. The molecule has 7 heteroatoms. The second kappa shape index (κ2) is 7.27. The third kappa shape index (κ3) is 4.10. The van der Waals surface area contributed by atoms with Crippen LogP contribution < -0.4 is 5.32 Å². The summed E-state index contributed by atoms with van der Waals surface area (Å²) in [6.07, 6.45) is 1.76. The first kappa shape index (κ1) is 16.9. The molecule has 0 saturated heterocycles. The van der Waals surface area contributed by atoms with Gasteiger partial charge in [-0.1, -0.05) is 28.1 Å². The summed E-state index contributed by atoms with van der Waals surface area (Å²) in [6.45, 7) is 0.479. The lowest BCUT2D eigenvalue weighted by Crippen LogP contribution is -2.13. The molecule has 4 nitrogen and oxygen atoms in total. The van der Waals surface area contributed by atoms with Gasteiger partial charge in [0.1, 0.15) is 5.82 Å². The summed E-state index contributed by atoms with van der Waals surface area (Å²) >= 11 is 6.72. The quantitative estimate of drug-likeness (QED) is 0.615. The fourth-order valence-electron chi connectivity index (χ4n) is 2.12. The lowest BCUT2D eigenvalue weighted by molar-refractivity contribution is 0.102. The number of anilines is 1. The van der Waals surface area contributed by atoms with E-state index in [1.807, 2.05) is 0 Å². The van der Waals surface area contributed by atoms with Crippen molar-refractivity contribution in [1.29, 1.82) is 0 Å². The van der Waals surface area contributed by atoms with E-state index in [1.54, 1.807) is 47.3 Å². The van der Waals surface area contributed by atoms with E-state index in [0.29, 0.717) is 22.4 Å². The molecule has 1 amide bonds. The summed E-state index contributed by atoms with van der Waals surface area (Å²) in [6, 6.07) is 13.3. The number of nitrogens with one attached hydrogen (secondary N) is 1. The van der Waals surface area contributed by atoms with Crippen LogP contribution >= 0.6 is 31.9 Å². The number of amides is 1. The van der Waals surface area contributed by atoms with Crippen molar-refractivity contribution in [3.63, 3.8) is 0 Å². The molecule has 2 aromatic carbocycles. The van der Waals surface area contributed by atoms with Crippen molar-refractivity contribution in [3.05, 3.63) is 80.6 Å². The van der Waals surface area contributed by atoms with E-state index in [4.69, 9.17) is 0 Å². The smallest absolute Gasteiger partial charge is 0.256 e. The third-order valence-electron chi connectivity index (χ3n) is 3.31. The molecule has 24 heavy (non-hydrogen) atoms. The molecule has 1 N–H and O–H groups in total. The molecule has 3 rings (SSSR count). The Hall–Kier alpha value is -1.99. The molecular formula is C17H12Br2FN3O. The van der Waals surface area contributed by atoms with Crippen molar-refractivity contribution in [2.75, 3.05) is 5.32 Å². The molecule has 0 unspecified atom stereocenters. The molecular weight excluding hydrogens is 441 g/mol. The van der Waals surface area contributed by atoms with E-state index in [1.165, 1.54) is 12.1 Å². The van der Waals surface area contributed by atoms with E-state index >= 15 is 0 Å². The molecule has 122 valence electrons. The van der Waals surface area contributed by atoms with Gasteiger partial charge < -0.3 is 5.32 Å². The van der Waals surface area contributed by atoms with Gasteiger partial charge >= 0.3 is 0 Å². The van der Waals surface area contributed by atoms with E-state index in [0.717, 1.165) is 10.0 Å². The van der Waals surface area contributed by atoms with Crippen LogP contribution in [0, 0.1) is 5.82 Å². The third-order valence-corrected chi connectivity index (χ3v) is 4.42. The Labute approximate surface area is 154 Å². The molecule has 0 radical (unpaired) electrons. The average Bonchev–Trinajstić information content (AvgIpc) is 2.89. The van der Waals surface area contributed by atoms with Crippen LogP contribution in [0.4, 0.5) is 10.2 Å². The number of hydrogen-bond donors (Lipinski definition) is 1. The largest absolute Gasteiger partial charge is 0.304 e. The van der Waals surface area contributed by atoms with E-state index in [2.05, 4.69) is 42.3 Å². The van der Waals surface area contributed by atoms with E-state index in [9.17, 15) is 9.18 Å². The predicted molar refractivity (Wildman–Crippen MR) is 97.5 cm³/mol. The minimum Gasteiger partial charge on any atom is -0.304 e. The molecule has 0 bridgehead atoms. The molecule has 0 aliphatic carbocycles. The lowest BCUT2D eigenvalue weighted by atomic mass is 10.2.